The Hall–Kier alpha value is -1.58. The van der Waals surface area contributed by atoms with E-state index in [-0.39, 0.29) is 11.8 Å². The highest BCUT2D eigenvalue weighted by Gasteiger charge is 2.23. The van der Waals surface area contributed by atoms with Crippen molar-refractivity contribution in [2.24, 2.45) is 5.92 Å². The van der Waals surface area contributed by atoms with Crippen LogP contribution >= 0.6 is 0 Å². The second-order valence-corrected chi connectivity index (χ2v) is 6.07. The molecule has 0 saturated carbocycles. The Bertz CT molecular complexity index is 445. The van der Waals surface area contributed by atoms with E-state index in [2.05, 4.69) is 35.9 Å². The second kappa shape index (κ2) is 6.25. The van der Waals surface area contributed by atoms with Gasteiger partial charge in [-0.15, -0.1) is 0 Å². The Balaban J connectivity index is 1.95. The quantitative estimate of drug-likeness (QED) is 0.850. The van der Waals surface area contributed by atoms with Crippen LogP contribution in [0.4, 0.5) is 5.82 Å². The standard InChI is InChI=1S/C16H25N3O/c1-12(2)14-5-6-15(17-11-14)18-7-9-19(10-8-18)16(20)13(3)4/h5-6,11-13H,7-10H2,1-4H3. The zero-order chi connectivity index (χ0) is 14.7. The molecule has 4 nitrogen and oxygen atoms in total. The van der Waals surface area contributed by atoms with Gasteiger partial charge in [-0.05, 0) is 17.5 Å². The van der Waals surface area contributed by atoms with Crippen LogP contribution in [0.15, 0.2) is 18.3 Å². The first-order chi connectivity index (χ1) is 9.49. The second-order valence-electron chi connectivity index (χ2n) is 6.07. The van der Waals surface area contributed by atoms with Gasteiger partial charge in [-0.3, -0.25) is 4.79 Å². The number of carbonyl (C=O) groups excluding carboxylic acids is 1. The maximum atomic E-state index is 12.0. The maximum absolute atomic E-state index is 12.0. The van der Waals surface area contributed by atoms with Crippen LogP contribution in [0.1, 0.15) is 39.2 Å². The van der Waals surface area contributed by atoms with Gasteiger partial charge in [0.2, 0.25) is 5.91 Å². The average molecular weight is 275 g/mol. The molecule has 0 unspecified atom stereocenters. The van der Waals surface area contributed by atoms with Crippen LogP contribution in [-0.4, -0.2) is 42.0 Å². The van der Waals surface area contributed by atoms with Crippen LogP contribution in [0, 0.1) is 5.92 Å². The Kier molecular flexibility index (Phi) is 4.63. The van der Waals surface area contributed by atoms with Gasteiger partial charge in [0, 0.05) is 38.3 Å². The molecular formula is C16H25N3O. The Labute approximate surface area is 121 Å². The number of rotatable bonds is 3. The van der Waals surface area contributed by atoms with Gasteiger partial charge in [-0.25, -0.2) is 4.98 Å². The van der Waals surface area contributed by atoms with Crippen molar-refractivity contribution in [2.75, 3.05) is 31.1 Å². The topological polar surface area (TPSA) is 36.4 Å². The molecule has 1 aliphatic heterocycles. The lowest BCUT2D eigenvalue weighted by molar-refractivity contribution is -0.134. The van der Waals surface area contributed by atoms with Crippen LogP contribution in [0.5, 0.6) is 0 Å². The molecule has 1 aromatic heterocycles. The van der Waals surface area contributed by atoms with E-state index in [4.69, 9.17) is 0 Å². The number of pyridine rings is 1. The monoisotopic (exact) mass is 275 g/mol. The minimum absolute atomic E-state index is 0.0880. The molecule has 0 atom stereocenters. The predicted molar refractivity (Wildman–Crippen MR) is 82.0 cm³/mol. The highest BCUT2D eigenvalue weighted by molar-refractivity contribution is 5.78. The van der Waals surface area contributed by atoms with Gasteiger partial charge in [-0.2, -0.15) is 0 Å². The van der Waals surface area contributed by atoms with Crippen molar-refractivity contribution in [3.05, 3.63) is 23.9 Å². The van der Waals surface area contributed by atoms with Crippen LogP contribution in [0.3, 0.4) is 0 Å². The maximum Gasteiger partial charge on any atom is 0.225 e. The summed E-state index contributed by atoms with van der Waals surface area (Å²) in [5, 5.41) is 0. The van der Waals surface area contributed by atoms with E-state index < -0.39 is 0 Å². The third-order valence-corrected chi connectivity index (χ3v) is 3.85. The van der Waals surface area contributed by atoms with E-state index in [9.17, 15) is 4.79 Å². The summed E-state index contributed by atoms with van der Waals surface area (Å²) in [6.07, 6.45) is 1.96. The minimum atomic E-state index is 0.0880. The Morgan fingerprint density at radius 1 is 1.10 bits per heavy atom. The average Bonchev–Trinajstić information content (AvgIpc) is 2.46. The van der Waals surface area contributed by atoms with Gasteiger partial charge in [0.1, 0.15) is 5.82 Å². The number of anilines is 1. The molecule has 0 N–H and O–H groups in total. The molecule has 0 radical (unpaired) electrons. The lowest BCUT2D eigenvalue weighted by Gasteiger charge is -2.36. The molecule has 4 heteroatoms. The van der Waals surface area contributed by atoms with Crippen LogP contribution in [0.25, 0.3) is 0 Å². The summed E-state index contributed by atoms with van der Waals surface area (Å²) in [5.74, 6) is 1.88. The summed E-state index contributed by atoms with van der Waals surface area (Å²) in [4.78, 5) is 20.7. The summed E-state index contributed by atoms with van der Waals surface area (Å²) >= 11 is 0. The summed E-state index contributed by atoms with van der Waals surface area (Å²) in [6.45, 7) is 11.6. The molecule has 2 heterocycles. The number of carbonyl (C=O) groups is 1. The first-order valence-electron chi connectivity index (χ1n) is 7.48. The van der Waals surface area contributed by atoms with Crippen molar-refractivity contribution in [3.8, 4) is 0 Å². The van der Waals surface area contributed by atoms with Crippen molar-refractivity contribution in [2.45, 2.75) is 33.6 Å². The van der Waals surface area contributed by atoms with Crippen molar-refractivity contribution >= 4 is 11.7 Å². The van der Waals surface area contributed by atoms with E-state index >= 15 is 0 Å². The lowest BCUT2D eigenvalue weighted by Crippen LogP contribution is -2.50. The molecule has 1 aliphatic rings. The van der Waals surface area contributed by atoms with Crippen LogP contribution < -0.4 is 4.90 Å². The largest absolute Gasteiger partial charge is 0.353 e. The normalized spacial score (nSPS) is 16.1. The number of hydrogen-bond donors (Lipinski definition) is 0. The third-order valence-electron chi connectivity index (χ3n) is 3.85. The van der Waals surface area contributed by atoms with Crippen LogP contribution in [0.2, 0.25) is 0 Å². The molecule has 0 bridgehead atoms. The van der Waals surface area contributed by atoms with Gasteiger partial charge in [-0.1, -0.05) is 33.8 Å². The molecule has 20 heavy (non-hydrogen) atoms. The van der Waals surface area contributed by atoms with E-state index in [1.54, 1.807) is 0 Å². The minimum Gasteiger partial charge on any atom is -0.353 e. The van der Waals surface area contributed by atoms with Crippen LogP contribution in [-0.2, 0) is 4.79 Å². The molecule has 0 aromatic carbocycles. The molecule has 1 saturated heterocycles. The summed E-state index contributed by atoms with van der Waals surface area (Å²) < 4.78 is 0. The van der Waals surface area contributed by atoms with E-state index in [1.165, 1.54) is 5.56 Å². The molecule has 2 rings (SSSR count). The van der Waals surface area contributed by atoms with E-state index in [1.807, 2.05) is 24.9 Å². The highest BCUT2D eigenvalue weighted by Crippen LogP contribution is 2.18. The summed E-state index contributed by atoms with van der Waals surface area (Å²) in [5.41, 5.74) is 1.27. The zero-order valence-electron chi connectivity index (χ0n) is 13.0. The van der Waals surface area contributed by atoms with Crippen molar-refractivity contribution in [3.63, 3.8) is 0 Å². The third kappa shape index (κ3) is 3.30. The first-order valence-corrected chi connectivity index (χ1v) is 7.48. The first kappa shape index (κ1) is 14.8. The molecule has 1 aromatic rings. The summed E-state index contributed by atoms with van der Waals surface area (Å²) in [6, 6.07) is 4.24. The number of hydrogen-bond acceptors (Lipinski definition) is 3. The van der Waals surface area contributed by atoms with Gasteiger partial charge < -0.3 is 9.80 Å². The van der Waals surface area contributed by atoms with Gasteiger partial charge in [0.15, 0.2) is 0 Å². The van der Waals surface area contributed by atoms with E-state index in [0.717, 1.165) is 32.0 Å². The summed E-state index contributed by atoms with van der Waals surface area (Å²) in [7, 11) is 0. The molecule has 0 aliphatic carbocycles. The fourth-order valence-corrected chi connectivity index (χ4v) is 2.45. The molecular weight excluding hydrogens is 250 g/mol. The number of piperazine rings is 1. The zero-order valence-corrected chi connectivity index (χ0v) is 13.0. The fourth-order valence-electron chi connectivity index (χ4n) is 2.45. The van der Waals surface area contributed by atoms with Gasteiger partial charge in [0.05, 0.1) is 0 Å². The Morgan fingerprint density at radius 2 is 1.75 bits per heavy atom. The van der Waals surface area contributed by atoms with Crippen molar-refractivity contribution in [1.82, 2.24) is 9.88 Å². The highest BCUT2D eigenvalue weighted by atomic mass is 16.2. The molecule has 0 spiro atoms. The Morgan fingerprint density at radius 3 is 2.20 bits per heavy atom. The number of amides is 1. The van der Waals surface area contributed by atoms with Gasteiger partial charge >= 0.3 is 0 Å². The lowest BCUT2D eigenvalue weighted by atomic mass is 10.1. The number of aromatic nitrogens is 1. The van der Waals surface area contributed by atoms with Crippen molar-refractivity contribution < 1.29 is 4.79 Å². The van der Waals surface area contributed by atoms with E-state index in [0.29, 0.717) is 5.92 Å². The smallest absolute Gasteiger partial charge is 0.225 e. The fraction of sp³-hybridized carbons (Fsp3) is 0.625. The molecule has 1 fully saturated rings. The predicted octanol–water partition coefficient (Wildman–Crippen LogP) is 2.51. The molecule has 110 valence electrons. The van der Waals surface area contributed by atoms with Gasteiger partial charge in [0.25, 0.3) is 0 Å². The number of nitrogens with zero attached hydrogens (tertiary/aromatic N) is 3. The van der Waals surface area contributed by atoms with Crippen molar-refractivity contribution in [1.29, 1.82) is 0 Å². The molecule has 1 amide bonds. The SMILES string of the molecule is CC(C)C(=O)N1CCN(c2ccc(C(C)C)cn2)CC1.